The Hall–Kier alpha value is -1.61. The molecule has 2 aromatic carbocycles. The van der Waals surface area contributed by atoms with Gasteiger partial charge < -0.3 is 10.2 Å². The monoisotopic (exact) mass is 499 g/mol. The molecule has 2 aromatic rings. The first-order valence-corrected chi connectivity index (χ1v) is 10.5. The standard InChI is InChI=1S/C20H25N3O2S.HI/c1-21-20(22-13-15-26(24,25)19-10-6-3-7-11-19)23-14-12-18(16-23)17-8-4-2-5-9-17;/h2-11,18H,12-16H2,1H3,(H,21,22);1H. The molecule has 146 valence electrons. The van der Waals surface area contributed by atoms with Crippen LogP contribution in [0.4, 0.5) is 0 Å². The third-order valence-corrected chi connectivity index (χ3v) is 6.46. The van der Waals surface area contributed by atoms with Crippen LogP contribution in [0.3, 0.4) is 0 Å². The van der Waals surface area contributed by atoms with Crippen molar-refractivity contribution in [2.24, 2.45) is 4.99 Å². The molecule has 1 N–H and O–H groups in total. The van der Waals surface area contributed by atoms with Gasteiger partial charge in [0.1, 0.15) is 0 Å². The summed E-state index contributed by atoms with van der Waals surface area (Å²) in [6.07, 6.45) is 1.08. The zero-order valence-corrected chi connectivity index (χ0v) is 18.6. The van der Waals surface area contributed by atoms with Crippen molar-refractivity contribution >= 4 is 39.8 Å². The minimum Gasteiger partial charge on any atom is -0.355 e. The van der Waals surface area contributed by atoms with E-state index in [2.05, 4.69) is 39.5 Å². The molecule has 3 rings (SSSR count). The molecule has 1 saturated heterocycles. The van der Waals surface area contributed by atoms with Crippen LogP contribution >= 0.6 is 24.0 Å². The Labute approximate surface area is 178 Å². The predicted octanol–water partition coefficient (Wildman–Crippen LogP) is 3.14. The van der Waals surface area contributed by atoms with Crippen LogP contribution in [0.5, 0.6) is 0 Å². The summed E-state index contributed by atoms with van der Waals surface area (Å²) in [5.41, 5.74) is 1.34. The number of hydrogen-bond donors (Lipinski definition) is 1. The number of halogens is 1. The molecule has 7 heteroatoms. The topological polar surface area (TPSA) is 61.8 Å². The Bertz CT molecular complexity index is 842. The number of aliphatic imine (C=N–C) groups is 1. The number of sulfone groups is 1. The van der Waals surface area contributed by atoms with E-state index < -0.39 is 9.84 Å². The molecule has 1 fully saturated rings. The van der Waals surface area contributed by atoms with E-state index >= 15 is 0 Å². The quantitative estimate of drug-likeness (QED) is 0.390. The van der Waals surface area contributed by atoms with Crippen LogP contribution < -0.4 is 5.32 Å². The summed E-state index contributed by atoms with van der Waals surface area (Å²) >= 11 is 0. The Kier molecular flexibility index (Phi) is 8.09. The van der Waals surface area contributed by atoms with E-state index in [1.54, 1.807) is 31.3 Å². The van der Waals surface area contributed by atoms with Crippen molar-refractivity contribution < 1.29 is 8.42 Å². The van der Waals surface area contributed by atoms with Gasteiger partial charge in [-0.1, -0.05) is 48.5 Å². The normalized spacial score (nSPS) is 17.4. The molecule has 0 saturated carbocycles. The molecule has 1 aliphatic heterocycles. The lowest BCUT2D eigenvalue weighted by molar-refractivity contribution is 0.488. The van der Waals surface area contributed by atoms with Crippen molar-refractivity contribution in [2.45, 2.75) is 17.2 Å². The molecule has 0 amide bonds. The van der Waals surface area contributed by atoms with Crippen LogP contribution in [0.15, 0.2) is 70.6 Å². The molecule has 0 aliphatic carbocycles. The second-order valence-corrected chi connectivity index (χ2v) is 8.56. The Morgan fingerprint density at radius 1 is 1.11 bits per heavy atom. The van der Waals surface area contributed by atoms with Gasteiger partial charge in [-0.05, 0) is 24.1 Å². The van der Waals surface area contributed by atoms with E-state index in [4.69, 9.17) is 0 Å². The molecule has 5 nitrogen and oxygen atoms in total. The van der Waals surface area contributed by atoms with E-state index in [0.717, 1.165) is 25.5 Å². The summed E-state index contributed by atoms with van der Waals surface area (Å²) in [7, 11) is -1.54. The Balaban J connectivity index is 0.00000261. The van der Waals surface area contributed by atoms with Crippen molar-refractivity contribution in [3.05, 3.63) is 66.2 Å². The summed E-state index contributed by atoms with van der Waals surface area (Å²) in [5.74, 6) is 1.31. The molecule has 0 spiro atoms. The zero-order valence-electron chi connectivity index (χ0n) is 15.4. The van der Waals surface area contributed by atoms with E-state index in [-0.39, 0.29) is 29.7 Å². The van der Waals surface area contributed by atoms with Crippen LogP contribution in [0.25, 0.3) is 0 Å². The van der Waals surface area contributed by atoms with Crippen LogP contribution in [0.2, 0.25) is 0 Å². The fraction of sp³-hybridized carbons (Fsp3) is 0.350. The van der Waals surface area contributed by atoms with Crippen molar-refractivity contribution in [3.8, 4) is 0 Å². The first kappa shape index (κ1) is 21.7. The average Bonchev–Trinajstić information content (AvgIpc) is 3.16. The number of hydrogen-bond acceptors (Lipinski definition) is 3. The van der Waals surface area contributed by atoms with Crippen LogP contribution in [-0.2, 0) is 9.84 Å². The van der Waals surface area contributed by atoms with Crippen LogP contribution in [0, 0.1) is 0 Å². The van der Waals surface area contributed by atoms with Gasteiger partial charge in [0.25, 0.3) is 0 Å². The third-order valence-electron chi connectivity index (χ3n) is 4.73. The molecule has 1 unspecified atom stereocenters. The lowest BCUT2D eigenvalue weighted by Crippen LogP contribution is -2.41. The highest BCUT2D eigenvalue weighted by Gasteiger charge is 2.26. The highest BCUT2D eigenvalue weighted by molar-refractivity contribution is 14.0. The fourth-order valence-electron chi connectivity index (χ4n) is 3.33. The minimum absolute atomic E-state index is 0. The second-order valence-electron chi connectivity index (χ2n) is 6.45. The molecule has 27 heavy (non-hydrogen) atoms. The summed E-state index contributed by atoms with van der Waals surface area (Å²) in [6, 6.07) is 19.1. The minimum atomic E-state index is -3.28. The van der Waals surface area contributed by atoms with E-state index in [9.17, 15) is 8.42 Å². The third kappa shape index (κ3) is 5.68. The number of nitrogens with one attached hydrogen (secondary N) is 1. The van der Waals surface area contributed by atoms with Crippen molar-refractivity contribution in [1.82, 2.24) is 10.2 Å². The van der Waals surface area contributed by atoms with Gasteiger partial charge in [-0.15, -0.1) is 24.0 Å². The van der Waals surface area contributed by atoms with Crippen molar-refractivity contribution in [3.63, 3.8) is 0 Å². The van der Waals surface area contributed by atoms with E-state index in [0.29, 0.717) is 17.4 Å². The van der Waals surface area contributed by atoms with Gasteiger partial charge in [0.05, 0.1) is 10.6 Å². The molecule has 1 heterocycles. The van der Waals surface area contributed by atoms with Gasteiger partial charge in [-0.25, -0.2) is 8.42 Å². The predicted molar refractivity (Wildman–Crippen MR) is 121 cm³/mol. The number of benzene rings is 2. The number of rotatable bonds is 5. The maximum Gasteiger partial charge on any atom is 0.193 e. The molecule has 0 aromatic heterocycles. The van der Waals surface area contributed by atoms with Gasteiger partial charge in [0, 0.05) is 32.6 Å². The molecule has 0 bridgehead atoms. The molecular formula is C20H26IN3O2S. The van der Waals surface area contributed by atoms with Crippen LogP contribution in [-0.4, -0.2) is 51.7 Å². The lowest BCUT2D eigenvalue weighted by atomic mass is 9.99. The largest absolute Gasteiger partial charge is 0.355 e. The smallest absolute Gasteiger partial charge is 0.193 e. The van der Waals surface area contributed by atoms with Crippen molar-refractivity contribution in [1.29, 1.82) is 0 Å². The van der Waals surface area contributed by atoms with Gasteiger partial charge in [0.15, 0.2) is 15.8 Å². The summed E-state index contributed by atoms with van der Waals surface area (Å²) in [6.45, 7) is 2.16. The first-order chi connectivity index (χ1) is 12.6. The maximum atomic E-state index is 12.4. The summed E-state index contributed by atoms with van der Waals surface area (Å²) < 4.78 is 24.7. The molecule has 1 atom stereocenters. The number of guanidine groups is 1. The highest BCUT2D eigenvalue weighted by Crippen LogP contribution is 2.26. The maximum absolute atomic E-state index is 12.4. The number of nitrogens with zero attached hydrogens (tertiary/aromatic N) is 2. The van der Waals surface area contributed by atoms with E-state index in [1.165, 1.54) is 5.56 Å². The molecule has 1 aliphatic rings. The lowest BCUT2D eigenvalue weighted by Gasteiger charge is -2.21. The fourth-order valence-corrected chi connectivity index (χ4v) is 4.50. The van der Waals surface area contributed by atoms with Gasteiger partial charge in [-0.3, -0.25) is 4.99 Å². The first-order valence-electron chi connectivity index (χ1n) is 8.88. The van der Waals surface area contributed by atoms with Crippen LogP contribution in [0.1, 0.15) is 17.9 Å². The SMILES string of the molecule is CN=C(NCCS(=O)(=O)c1ccccc1)N1CCC(c2ccccc2)C1.I. The zero-order chi connectivity index (χ0) is 18.4. The highest BCUT2D eigenvalue weighted by atomic mass is 127. The summed E-state index contributed by atoms with van der Waals surface area (Å²) in [4.78, 5) is 6.89. The van der Waals surface area contributed by atoms with Gasteiger partial charge in [0.2, 0.25) is 0 Å². The van der Waals surface area contributed by atoms with Gasteiger partial charge in [-0.2, -0.15) is 0 Å². The summed E-state index contributed by atoms with van der Waals surface area (Å²) in [5, 5.41) is 3.21. The van der Waals surface area contributed by atoms with E-state index in [1.807, 2.05) is 12.1 Å². The van der Waals surface area contributed by atoms with Crippen molar-refractivity contribution in [2.75, 3.05) is 32.4 Å². The average molecular weight is 499 g/mol. The van der Waals surface area contributed by atoms with Gasteiger partial charge >= 0.3 is 0 Å². The number of likely N-dealkylation sites (tertiary alicyclic amines) is 1. The Morgan fingerprint density at radius 3 is 2.37 bits per heavy atom. The molecule has 0 radical (unpaired) electrons. The Morgan fingerprint density at radius 2 is 1.74 bits per heavy atom. The molecular weight excluding hydrogens is 473 g/mol. The second kappa shape index (κ2) is 10.1.